The summed E-state index contributed by atoms with van der Waals surface area (Å²) in [4.78, 5) is 26.6. The normalized spacial score (nSPS) is 10.3. The number of hydrogen-bond donors (Lipinski definition) is 2. The van der Waals surface area contributed by atoms with Crippen LogP contribution in [0.25, 0.3) is 0 Å². The quantitative estimate of drug-likeness (QED) is 0.540. The van der Waals surface area contributed by atoms with Gasteiger partial charge in [-0.2, -0.15) is 0 Å². The van der Waals surface area contributed by atoms with E-state index in [4.69, 9.17) is 5.11 Å². The average Bonchev–Trinajstić information content (AvgIpc) is 2.83. The number of carbonyl (C=O) groups excluding carboxylic acids is 1. The van der Waals surface area contributed by atoms with Crippen molar-refractivity contribution in [1.29, 1.82) is 0 Å². The first-order chi connectivity index (χ1) is 10.0. The summed E-state index contributed by atoms with van der Waals surface area (Å²) in [6.45, 7) is 0. The Bertz CT molecular complexity index is 660. The van der Waals surface area contributed by atoms with Crippen LogP contribution in [0.3, 0.4) is 0 Å². The van der Waals surface area contributed by atoms with Gasteiger partial charge in [0.25, 0.3) is 0 Å². The van der Waals surface area contributed by atoms with E-state index in [-0.39, 0.29) is 18.1 Å². The standard InChI is InChI=1S/C13H11IN2O3S2/c14-8-2-1-3-9(4-8)15-11(17)7-21-13-16-10(6-20-13)5-12(18)19/h1-4,6H,5,7H2,(H,15,17)(H,18,19). The molecule has 0 aliphatic carbocycles. The van der Waals surface area contributed by atoms with Gasteiger partial charge in [-0.3, -0.25) is 9.59 Å². The number of aliphatic carboxylic acids is 1. The molecule has 0 spiro atoms. The van der Waals surface area contributed by atoms with Crippen molar-refractivity contribution in [3.63, 3.8) is 0 Å². The van der Waals surface area contributed by atoms with Gasteiger partial charge in [0, 0.05) is 14.6 Å². The number of halogens is 1. The Morgan fingerprint density at radius 3 is 2.95 bits per heavy atom. The van der Waals surface area contributed by atoms with Gasteiger partial charge in [0.05, 0.1) is 17.9 Å². The minimum Gasteiger partial charge on any atom is -0.481 e. The summed E-state index contributed by atoms with van der Waals surface area (Å²) in [5.74, 6) is -0.781. The molecule has 0 atom stereocenters. The fraction of sp³-hybridized carbons (Fsp3) is 0.154. The van der Waals surface area contributed by atoms with E-state index >= 15 is 0 Å². The van der Waals surface area contributed by atoms with E-state index in [1.54, 1.807) is 5.38 Å². The van der Waals surface area contributed by atoms with Crippen molar-refractivity contribution in [2.24, 2.45) is 0 Å². The third-order valence-electron chi connectivity index (χ3n) is 2.30. The first-order valence-corrected chi connectivity index (χ1v) is 8.82. The molecule has 1 aromatic carbocycles. The highest BCUT2D eigenvalue weighted by Crippen LogP contribution is 2.23. The maximum Gasteiger partial charge on any atom is 0.309 e. The Morgan fingerprint density at radius 1 is 1.43 bits per heavy atom. The van der Waals surface area contributed by atoms with Gasteiger partial charge in [0.1, 0.15) is 0 Å². The third kappa shape index (κ3) is 5.64. The molecule has 21 heavy (non-hydrogen) atoms. The van der Waals surface area contributed by atoms with E-state index < -0.39 is 5.97 Å². The van der Waals surface area contributed by atoms with Gasteiger partial charge in [-0.15, -0.1) is 11.3 Å². The Kier molecular flexibility index (Phi) is 6.00. The fourth-order valence-corrected chi connectivity index (χ4v) is 3.67. The van der Waals surface area contributed by atoms with Crippen LogP contribution in [0.1, 0.15) is 5.69 Å². The molecule has 2 rings (SSSR count). The smallest absolute Gasteiger partial charge is 0.309 e. The van der Waals surface area contributed by atoms with Gasteiger partial charge in [-0.1, -0.05) is 17.8 Å². The zero-order valence-electron chi connectivity index (χ0n) is 10.7. The molecule has 110 valence electrons. The number of thioether (sulfide) groups is 1. The van der Waals surface area contributed by atoms with E-state index in [0.717, 1.165) is 9.26 Å². The topological polar surface area (TPSA) is 79.3 Å². The molecular weight excluding hydrogens is 423 g/mol. The molecule has 2 N–H and O–H groups in total. The van der Waals surface area contributed by atoms with Crippen molar-refractivity contribution in [2.75, 3.05) is 11.1 Å². The highest BCUT2D eigenvalue weighted by molar-refractivity contribution is 14.1. The fourth-order valence-electron chi connectivity index (χ4n) is 1.48. The Morgan fingerprint density at radius 2 is 2.24 bits per heavy atom. The van der Waals surface area contributed by atoms with Crippen molar-refractivity contribution in [1.82, 2.24) is 4.98 Å². The Hall–Kier alpha value is -1.13. The number of carboxylic acids is 1. The summed E-state index contributed by atoms with van der Waals surface area (Å²) in [5, 5.41) is 13.2. The molecule has 2 aromatic rings. The molecule has 1 amide bonds. The van der Waals surface area contributed by atoms with Crippen molar-refractivity contribution in [3.8, 4) is 0 Å². The number of carbonyl (C=O) groups is 2. The molecule has 1 heterocycles. The molecule has 5 nitrogen and oxygen atoms in total. The van der Waals surface area contributed by atoms with Crippen LogP contribution in [0.2, 0.25) is 0 Å². The van der Waals surface area contributed by atoms with E-state index in [2.05, 4.69) is 32.9 Å². The number of thiazole rings is 1. The lowest BCUT2D eigenvalue weighted by molar-refractivity contribution is -0.136. The Labute approximate surface area is 143 Å². The van der Waals surface area contributed by atoms with E-state index in [1.165, 1.54) is 23.1 Å². The second-order valence-corrected chi connectivity index (χ2v) is 7.35. The lowest BCUT2D eigenvalue weighted by atomic mass is 10.3. The predicted molar refractivity (Wildman–Crippen MR) is 92.0 cm³/mol. The second kappa shape index (κ2) is 7.76. The van der Waals surface area contributed by atoms with Crippen LogP contribution >= 0.6 is 45.7 Å². The number of benzene rings is 1. The Balaban J connectivity index is 1.83. The number of anilines is 1. The lowest BCUT2D eigenvalue weighted by Crippen LogP contribution is -2.13. The van der Waals surface area contributed by atoms with Crippen LogP contribution in [-0.2, 0) is 16.0 Å². The van der Waals surface area contributed by atoms with Crippen LogP contribution in [0, 0.1) is 3.57 Å². The molecular formula is C13H11IN2O3S2. The van der Waals surface area contributed by atoms with Gasteiger partial charge in [0.15, 0.2) is 4.34 Å². The summed E-state index contributed by atoms with van der Waals surface area (Å²) in [5.41, 5.74) is 1.28. The number of carboxylic acid groups (broad SMARTS) is 1. The van der Waals surface area contributed by atoms with Gasteiger partial charge in [0.2, 0.25) is 5.91 Å². The highest BCUT2D eigenvalue weighted by Gasteiger charge is 2.09. The van der Waals surface area contributed by atoms with Crippen molar-refractivity contribution in [3.05, 3.63) is 38.9 Å². The first kappa shape index (κ1) is 16.2. The zero-order valence-corrected chi connectivity index (χ0v) is 14.5. The third-order valence-corrected chi connectivity index (χ3v) is 5.04. The summed E-state index contributed by atoms with van der Waals surface area (Å²) >= 11 is 4.83. The largest absolute Gasteiger partial charge is 0.481 e. The molecule has 8 heteroatoms. The minimum atomic E-state index is -0.909. The van der Waals surface area contributed by atoms with Crippen molar-refractivity contribution >= 4 is 63.3 Å². The van der Waals surface area contributed by atoms with Crippen LogP contribution < -0.4 is 5.32 Å². The van der Waals surface area contributed by atoms with Gasteiger partial charge in [-0.05, 0) is 40.8 Å². The summed E-state index contributed by atoms with van der Waals surface area (Å²) in [7, 11) is 0. The number of amides is 1. The maximum atomic E-state index is 11.8. The van der Waals surface area contributed by atoms with E-state index in [0.29, 0.717) is 10.0 Å². The summed E-state index contributed by atoms with van der Waals surface area (Å²) in [6, 6.07) is 7.55. The zero-order chi connectivity index (χ0) is 15.2. The SMILES string of the molecule is O=C(O)Cc1csc(SCC(=O)Nc2cccc(I)c2)n1. The van der Waals surface area contributed by atoms with Gasteiger partial charge in [-0.25, -0.2) is 4.98 Å². The molecule has 0 saturated carbocycles. The number of hydrogen-bond acceptors (Lipinski definition) is 5. The number of nitrogens with zero attached hydrogens (tertiary/aromatic N) is 1. The lowest BCUT2D eigenvalue weighted by Gasteiger charge is -2.04. The predicted octanol–water partition coefficient (Wildman–Crippen LogP) is 3.11. The van der Waals surface area contributed by atoms with Crippen molar-refractivity contribution in [2.45, 2.75) is 10.8 Å². The molecule has 0 saturated heterocycles. The summed E-state index contributed by atoms with van der Waals surface area (Å²) < 4.78 is 1.75. The average molecular weight is 434 g/mol. The van der Waals surface area contributed by atoms with Crippen LogP contribution in [0.15, 0.2) is 34.0 Å². The second-order valence-electron chi connectivity index (χ2n) is 4.02. The monoisotopic (exact) mass is 434 g/mol. The minimum absolute atomic E-state index is 0.0916. The molecule has 0 unspecified atom stereocenters. The molecule has 1 aromatic heterocycles. The highest BCUT2D eigenvalue weighted by atomic mass is 127. The number of aromatic nitrogens is 1. The van der Waals surface area contributed by atoms with E-state index in [9.17, 15) is 9.59 Å². The van der Waals surface area contributed by atoms with Crippen LogP contribution in [0.5, 0.6) is 0 Å². The first-order valence-electron chi connectivity index (χ1n) is 5.87. The molecule has 0 radical (unpaired) electrons. The molecule has 0 aliphatic heterocycles. The van der Waals surface area contributed by atoms with Gasteiger partial charge >= 0.3 is 5.97 Å². The number of rotatable bonds is 6. The van der Waals surface area contributed by atoms with Crippen molar-refractivity contribution < 1.29 is 14.7 Å². The van der Waals surface area contributed by atoms with Crippen LogP contribution in [-0.4, -0.2) is 27.7 Å². The van der Waals surface area contributed by atoms with Gasteiger partial charge < -0.3 is 10.4 Å². The molecule has 0 fully saturated rings. The number of nitrogens with one attached hydrogen (secondary N) is 1. The van der Waals surface area contributed by atoms with E-state index in [1.807, 2.05) is 24.3 Å². The summed E-state index contributed by atoms with van der Waals surface area (Å²) in [6.07, 6.45) is -0.0916. The molecule has 0 aliphatic rings. The maximum absolute atomic E-state index is 11.8. The van der Waals surface area contributed by atoms with Crippen LogP contribution in [0.4, 0.5) is 5.69 Å². The molecule has 0 bridgehead atoms.